The van der Waals surface area contributed by atoms with Crippen molar-refractivity contribution >= 4 is 39.1 Å². The summed E-state index contributed by atoms with van der Waals surface area (Å²) in [5, 5.41) is 3.10. The lowest BCUT2D eigenvalue weighted by molar-refractivity contribution is 0.0527. The largest absolute Gasteiger partial charge is 0.462 e. The van der Waals surface area contributed by atoms with Crippen LogP contribution in [0.15, 0.2) is 34.9 Å². The standard InChI is InChI=1S/C15H16BrN3O2/c1-3-21-15(20)11-6-7-18-14(13(11)17)19-10-5-4-9(2)12(16)8-10/h4-8H,3,17H2,1-2H3,(H,18,19). The predicted molar refractivity (Wildman–Crippen MR) is 86.8 cm³/mol. The number of pyridine rings is 1. The summed E-state index contributed by atoms with van der Waals surface area (Å²) >= 11 is 3.47. The second-order valence-corrected chi connectivity index (χ2v) is 5.28. The summed E-state index contributed by atoms with van der Waals surface area (Å²) in [7, 11) is 0. The van der Waals surface area contributed by atoms with Gasteiger partial charge in [-0.15, -0.1) is 0 Å². The summed E-state index contributed by atoms with van der Waals surface area (Å²) in [5.74, 6) is -0.0261. The average molecular weight is 350 g/mol. The molecule has 0 unspecified atom stereocenters. The number of aryl methyl sites for hydroxylation is 1. The minimum atomic E-state index is -0.453. The highest BCUT2D eigenvalue weighted by atomic mass is 79.9. The number of aromatic nitrogens is 1. The number of esters is 1. The molecule has 0 aliphatic heterocycles. The Bertz CT molecular complexity index is 674. The molecule has 5 nitrogen and oxygen atoms in total. The van der Waals surface area contributed by atoms with Gasteiger partial charge in [0.2, 0.25) is 0 Å². The van der Waals surface area contributed by atoms with E-state index in [0.29, 0.717) is 18.0 Å². The van der Waals surface area contributed by atoms with Crippen LogP contribution >= 0.6 is 15.9 Å². The first-order valence-corrected chi connectivity index (χ1v) is 7.27. The molecule has 0 amide bonds. The first-order valence-electron chi connectivity index (χ1n) is 6.47. The molecule has 6 heteroatoms. The minimum absolute atomic E-state index is 0.271. The van der Waals surface area contributed by atoms with Gasteiger partial charge in [-0.3, -0.25) is 0 Å². The third-order valence-corrected chi connectivity index (χ3v) is 3.77. The van der Waals surface area contributed by atoms with Gasteiger partial charge in [-0.2, -0.15) is 0 Å². The summed E-state index contributed by atoms with van der Waals surface area (Å²) in [4.78, 5) is 16.0. The quantitative estimate of drug-likeness (QED) is 0.823. The Hall–Kier alpha value is -2.08. The van der Waals surface area contributed by atoms with Crippen molar-refractivity contribution in [3.05, 3.63) is 46.1 Å². The van der Waals surface area contributed by atoms with Crippen molar-refractivity contribution in [2.75, 3.05) is 17.7 Å². The van der Waals surface area contributed by atoms with Crippen LogP contribution in [0.1, 0.15) is 22.8 Å². The SMILES string of the molecule is CCOC(=O)c1ccnc(Nc2ccc(C)c(Br)c2)c1N. The topological polar surface area (TPSA) is 77.2 Å². The van der Waals surface area contributed by atoms with Crippen molar-refractivity contribution in [1.29, 1.82) is 0 Å². The molecule has 0 aliphatic carbocycles. The summed E-state index contributed by atoms with van der Waals surface area (Å²) in [6, 6.07) is 7.35. The summed E-state index contributed by atoms with van der Waals surface area (Å²) < 4.78 is 5.95. The zero-order valence-corrected chi connectivity index (χ0v) is 13.4. The first kappa shape index (κ1) is 15.3. The Morgan fingerprint density at radius 2 is 2.19 bits per heavy atom. The van der Waals surface area contributed by atoms with E-state index in [1.807, 2.05) is 25.1 Å². The van der Waals surface area contributed by atoms with Gasteiger partial charge in [0.25, 0.3) is 0 Å². The van der Waals surface area contributed by atoms with Gasteiger partial charge in [0, 0.05) is 16.4 Å². The molecule has 2 rings (SSSR count). The average Bonchev–Trinajstić information content (AvgIpc) is 2.45. The zero-order chi connectivity index (χ0) is 15.4. The van der Waals surface area contributed by atoms with E-state index in [4.69, 9.17) is 10.5 Å². The van der Waals surface area contributed by atoms with Crippen LogP contribution in [0.25, 0.3) is 0 Å². The molecule has 3 N–H and O–H groups in total. The Kier molecular flexibility index (Phi) is 4.80. The maximum Gasteiger partial charge on any atom is 0.340 e. The number of nitrogens with one attached hydrogen (secondary N) is 1. The molecule has 21 heavy (non-hydrogen) atoms. The molecule has 0 spiro atoms. The van der Waals surface area contributed by atoms with Crippen molar-refractivity contribution in [2.24, 2.45) is 0 Å². The molecule has 0 aliphatic rings. The van der Waals surface area contributed by atoms with Crippen LogP contribution in [0.2, 0.25) is 0 Å². The molecule has 0 bridgehead atoms. The highest BCUT2D eigenvalue weighted by molar-refractivity contribution is 9.10. The summed E-state index contributed by atoms with van der Waals surface area (Å²) in [5.41, 5.74) is 8.52. The summed E-state index contributed by atoms with van der Waals surface area (Å²) in [6.07, 6.45) is 1.52. The smallest absolute Gasteiger partial charge is 0.340 e. The van der Waals surface area contributed by atoms with Crippen LogP contribution in [-0.2, 0) is 4.74 Å². The lowest BCUT2D eigenvalue weighted by atomic mass is 10.2. The van der Waals surface area contributed by atoms with Crippen LogP contribution in [0, 0.1) is 6.92 Å². The molecule has 0 saturated carbocycles. The maximum atomic E-state index is 11.8. The fourth-order valence-electron chi connectivity index (χ4n) is 1.77. The second kappa shape index (κ2) is 6.58. The number of nitrogens with two attached hydrogens (primary N) is 1. The highest BCUT2D eigenvalue weighted by Gasteiger charge is 2.14. The Balaban J connectivity index is 2.30. The number of carbonyl (C=O) groups is 1. The monoisotopic (exact) mass is 349 g/mol. The maximum absolute atomic E-state index is 11.8. The van der Waals surface area contributed by atoms with E-state index < -0.39 is 5.97 Å². The number of nitrogens with zero attached hydrogens (tertiary/aromatic N) is 1. The Morgan fingerprint density at radius 3 is 2.86 bits per heavy atom. The van der Waals surface area contributed by atoms with E-state index >= 15 is 0 Å². The fraction of sp³-hybridized carbons (Fsp3) is 0.200. The highest BCUT2D eigenvalue weighted by Crippen LogP contribution is 2.27. The molecular formula is C15H16BrN3O2. The number of anilines is 3. The number of hydrogen-bond acceptors (Lipinski definition) is 5. The van der Waals surface area contributed by atoms with Gasteiger partial charge in [-0.25, -0.2) is 9.78 Å². The van der Waals surface area contributed by atoms with E-state index in [-0.39, 0.29) is 5.69 Å². The molecule has 110 valence electrons. The summed E-state index contributed by atoms with van der Waals surface area (Å²) in [6.45, 7) is 4.05. The lowest BCUT2D eigenvalue weighted by Crippen LogP contribution is -2.10. The van der Waals surface area contributed by atoms with Gasteiger partial charge in [0.15, 0.2) is 5.82 Å². The molecule has 0 fully saturated rings. The van der Waals surface area contributed by atoms with Crippen LogP contribution in [-0.4, -0.2) is 17.6 Å². The third kappa shape index (κ3) is 3.52. The minimum Gasteiger partial charge on any atom is -0.462 e. The van der Waals surface area contributed by atoms with E-state index in [2.05, 4.69) is 26.2 Å². The Morgan fingerprint density at radius 1 is 1.43 bits per heavy atom. The lowest BCUT2D eigenvalue weighted by Gasteiger charge is -2.12. The molecule has 1 aromatic heterocycles. The number of nitrogen functional groups attached to an aromatic ring is 1. The van der Waals surface area contributed by atoms with Crippen molar-refractivity contribution in [2.45, 2.75) is 13.8 Å². The van der Waals surface area contributed by atoms with Crippen LogP contribution in [0.3, 0.4) is 0 Å². The van der Waals surface area contributed by atoms with Gasteiger partial charge in [-0.05, 0) is 37.6 Å². The molecule has 0 saturated heterocycles. The molecule has 0 atom stereocenters. The van der Waals surface area contributed by atoms with Crippen LogP contribution in [0.4, 0.5) is 17.2 Å². The molecule has 1 heterocycles. The van der Waals surface area contributed by atoms with Crippen LogP contribution < -0.4 is 11.1 Å². The van der Waals surface area contributed by atoms with Crippen molar-refractivity contribution < 1.29 is 9.53 Å². The number of hydrogen-bond donors (Lipinski definition) is 2. The number of rotatable bonds is 4. The normalized spacial score (nSPS) is 10.2. The van der Waals surface area contributed by atoms with E-state index in [1.165, 1.54) is 6.20 Å². The Labute approximate surface area is 131 Å². The van der Waals surface area contributed by atoms with Crippen molar-refractivity contribution in [3.63, 3.8) is 0 Å². The fourth-order valence-corrected chi connectivity index (χ4v) is 2.15. The first-order chi connectivity index (χ1) is 10.0. The van der Waals surface area contributed by atoms with Gasteiger partial charge >= 0.3 is 5.97 Å². The van der Waals surface area contributed by atoms with Crippen molar-refractivity contribution in [3.8, 4) is 0 Å². The van der Waals surface area contributed by atoms with Gasteiger partial charge < -0.3 is 15.8 Å². The van der Waals surface area contributed by atoms with Crippen molar-refractivity contribution in [1.82, 2.24) is 4.98 Å². The third-order valence-electron chi connectivity index (χ3n) is 2.92. The van der Waals surface area contributed by atoms with Crippen LogP contribution in [0.5, 0.6) is 0 Å². The second-order valence-electron chi connectivity index (χ2n) is 4.43. The van der Waals surface area contributed by atoms with Gasteiger partial charge in [-0.1, -0.05) is 22.0 Å². The van der Waals surface area contributed by atoms with E-state index in [1.54, 1.807) is 13.0 Å². The molecular weight excluding hydrogens is 334 g/mol. The van der Waals surface area contributed by atoms with E-state index in [9.17, 15) is 4.79 Å². The number of benzene rings is 1. The zero-order valence-electron chi connectivity index (χ0n) is 11.8. The predicted octanol–water partition coefficient (Wildman–Crippen LogP) is 3.66. The molecule has 0 radical (unpaired) electrons. The number of halogens is 1. The van der Waals surface area contributed by atoms with Gasteiger partial charge in [0.1, 0.15) is 0 Å². The van der Waals surface area contributed by atoms with Gasteiger partial charge in [0.05, 0.1) is 17.9 Å². The molecule has 2 aromatic rings. The molecule has 1 aromatic carbocycles. The van der Waals surface area contributed by atoms with E-state index in [0.717, 1.165) is 15.7 Å². The number of ether oxygens (including phenoxy) is 1. The number of carbonyl (C=O) groups excluding carboxylic acids is 1.